The highest BCUT2D eigenvalue weighted by Crippen LogP contribution is 2.20. The highest BCUT2D eigenvalue weighted by atomic mass is 19.3. The molecule has 0 aliphatic heterocycles. The van der Waals surface area contributed by atoms with E-state index in [0.717, 1.165) is 6.42 Å². The Bertz CT molecular complexity index is 409. The second-order valence-corrected chi connectivity index (χ2v) is 4.17. The van der Waals surface area contributed by atoms with E-state index in [9.17, 15) is 13.6 Å². The molecule has 106 valence electrons. The number of halogens is 2. The number of nitrogens with two attached hydrogens (primary N) is 1. The summed E-state index contributed by atoms with van der Waals surface area (Å²) in [7, 11) is 0. The van der Waals surface area contributed by atoms with Gasteiger partial charge in [-0.3, -0.25) is 4.79 Å². The van der Waals surface area contributed by atoms with Crippen LogP contribution in [-0.4, -0.2) is 19.1 Å². The lowest BCUT2D eigenvalue weighted by molar-refractivity contribution is -0.117. The Labute approximate surface area is 110 Å². The zero-order valence-electron chi connectivity index (χ0n) is 10.7. The molecule has 1 rings (SSSR count). The van der Waals surface area contributed by atoms with Gasteiger partial charge in [0.05, 0.1) is 0 Å². The molecule has 0 aliphatic rings. The second-order valence-electron chi connectivity index (χ2n) is 4.17. The van der Waals surface area contributed by atoms with E-state index in [1.807, 2.05) is 6.92 Å². The summed E-state index contributed by atoms with van der Waals surface area (Å²) < 4.78 is 28.4. The van der Waals surface area contributed by atoms with Gasteiger partial charge in [-0.15, -0.1) is 0 Å². The smallest absolute Gasteiger partial charge is 0.387 e. The third-order valence-electron chi connectivity index (χ3n) is 2.73. The van der Waals surface area contributed by atoms with Gasteiger partial charge in [-0.2, -0.15) is 8.78 Å². The molecule has 1 atom stereocenters. The zero-order valence-corrected chi connectivity index (χ0v) is 10.7. The van der Waals surface area contributed by atoms with E-state index in [0.29, 0.717) is 18.7 Å². The van der Waals surface area contributed by atoms with Gasteiger partial charge in [-0.1, -0.05) is 19.4 Å². The summed E-state index contributed by atoms with van der Waals surface area (Å²) in [6, 6.07) is 5.90. The van der Waals surface area contributed by atoms with Crippen molar-refractivity contribution in [2.75, 3.05) is 11.9 Å². The zero-order chi connectivity index (χ0) is 14.3. The number of carbonyl (C=O) groups excluding carboxylic acids is 1. The van der Waals surface area contributed by atoms with Crippen LogP contribution in [-0.2, 0) is 4.79 Å². The molecule has 0 spiro atoms. The molecule has 0 saturated heterocycles. The van der Waals surface area contributed by atoms with Gasteiger partial charge in [0.15, 0.2) is 0 Å². The van der Waals surface area contributed by atoms with Crippen molar-refractivity contribution in [1.29, 1.82) is 0 Å². The minimum absolute atomic E-state index is 0.0127. The van der Waals surface area contributed by atoms with Crippen LogP contribution in [0.3, 0.4) is 0 Å². The standard InChI is InChI=1S/C13H18F2N2O2/c1-2-9(8-16)6-12(18)17-10-4-3-5-11(7-10)19-13(14)15/h3-5,7,9,13H,2,6,8,16H2,1H3,(H,17,18). The first-order valence-electron chi connectivity index (χ1n) is 6.10. The summed E-state index contributed by atoms with van der Waals surface area (Å²) in [4.78, 5) is 11.7. The van der Waals surface area contributed by atoms with Gasteiger partial charge in [-0.05, 0) is 24.6 Å². The molecule has 0 saturated carbocycles. The molecule has 4 nitrogen and oxygen atoms in total. The Hall–Kier alpha value is -1.69. The largest absolute Gasteiger partial charge is 0.435 e. The molecule has 0 bridgehead atoms. The van der Waals surface area contributed by atoms with E-state index in [1.54, 1.807) is 6.07 Å². The fourth-order valence-electron chi connectivity index (χ4n) is 1.62. The summed E-state index contributed by atoms with van der Waals surface area (Å²) in [6.45, 7) is -0.479. The van der Waals surface area contributed by atoms with Crippen LogP contribution in [0.15, 0.2) is 24.3 Å². The van der Waals surface area contributed by atoms with Gasteiger partial charge in [0, 0.05) is 18.2 Å². The number of rotatable bonds is 7. The number of hydrogen-bond donors (Lipinski definition) is 2. The maximum Gasteiger partial charge on any atom is 0.387 e. The molecule has 1 unspecified atom stereocenters. The number of alkyl halides is 2. The molecule has 1 aromatic rings. The predicted octanol–water partition coefficient (Wildman–Crippen LogP) is 2.60. The molecular formula is C13H18F2N2O2. The van der Waals surface area contributed by atoms with E-state index in [4.69, 9.17) is 5.73 Å². The van der Waals surface area contributed by atoms with Crippen molar-refractivity contribution in [3.8, 4) is 5.75 Å². The molecule has 3 N–H and O–H groups in total. The van der Waals surface area contributed by atoms with Crippen LogP contribution in [0.5, 0.6) is 5.75 Å². The maximum absolute atomic E-state index is 12.1. The third-order valence-corrected chi connectivity index (χ3v) is 2.73. The quantitative estimate of drug-likeness (QED) is 0.802. The van der Waals surface area contributed by atoms with Crippen LogP contribution in [0, 0.1) is 5.92 Å². The molecule has 0 aliphatic carbocycles. The molecule has 0 aromatic heterocycles. The first-order chi connectivity index (χ1) is 9.05. The van der Waals surface area contributed by atoms with Crippen LogP contribution in [0.2, 0.25) is 0 Å². The summed E-state index contributed by atoms with van der Waals surface area (Å²) in [5.41, 5.74) is 5.95. The SMILES string of the molecule is CCC(CN)CC(=O)Nc1cccc(OC(F)F)c1. The Morgan fingerprint density at radius 2 is 2.21 bits per heavy atom. The fraction of sp³-hybridized carbons (Fsp3) is 0.462. The van der Waals surface area contributed by atoms with Crippen LogP contribution in [0.1, 0.15) is 19.8 Å². The van der Waals surface area contributed by atoms with Crippen molar-refractivity contribution in [2.24, 2.45) is 11.7 Å². The summed E-state index contributed by atoms with van der Waals surface area (Å²) >= 11 is 0. The third kappa shape index (κ3) is 5.65. The topological polar surface area (TPSA) is 64.4 Å². The van der Waals surface area contributed by atoms with Crippen molar-refractivity contribution in [3.63, 3.8) is 0 Å². The highest BCUT2D eigenvalue weighted by molar-refractivity contribution is 5.91. The van der Waals surface area contributed by atoms with Crippen molar-refractivity contribution < 1.29 is 18.3 Å². The van der Waals surface area contributed by atoms with Crippen LogP contribution < -0.4 is 15.8 Å². The lowest BCUT2D eigenvalue weighted by Crippen LogP contribution is -2.21. The summed E-state index contributed by atoms with van der Waals surface area (Å²) in [6.07, 6.45) is 1.13. The molecule has 19 heavy (non-hydrogen) atoms. The molecular weight excluding hydrogens is 254 g/mol. The van der Waals surface area contributed by atoms with Crippen molar-refractivity contribution in [2.45, 2.75) is 26.4 Å². The van der Waals surface area contributed by atoms with Crippen LogP contribution >= 0.6 is 0 Å². The Morgan fingerprint density at radius 3 is 2.79 bits per heavy atom. The normalized spacial score (nSPS) is 12.3. The van der Waals surface area contributed by atoms with Gasteiger partial charge in [0.2, 0.25) is 5.91 Å². The van der Waals surface area contributed by atoms with Gasteiger partial charge in [0.25, 0.3) is 0 Å². The maximum atomic E-state index is 12.1. The number of amides is 1. The number of ether oxygens (including phenoxy) is 1. The first-order valence-corrected chi connectivity index (χ1v) is 6.10. The van der Waals surface area contributed by atoms with Crippen molar-refractivity contribution in [1.82, 2.24) is 0 Å². The lowest BCUT2D eigenvalue weighted by atomic mass is 10.0. The van der Waals surface area contributed by atoms with E-state index >= 15 is 0 Å². The molecule has 0 heterocycles. The number of hydrogen-bond acceptors (Lipinski definition) is 3. The molecule has 6 heteroatoms. The Balaban J connectivity index is 2.59. The highest BCUT2D eigenvalue weighted by Gasteiger charge is 2.11. The minimum atomic E-state index is -2.88. The second kappa shape index (κ2) is 7.68. The van der Waals surface area contributed by atoms with Gasteiger partial charge < -0.3 is 15.8 Å². The Kier molecular flexibility index (Phi) is 6.21. The monoisotopic (exact) mass is 272 g/mol. The lowest BCUT2D eigenvalue weighted by Gasteiger charge is -2.12. The fourth-order valence-corrected chi connectivity index (χ4v) is 1.62. The number of benzene rings is 1. The van der Waals surface area contributed by atoms with Crippen molar-refractivity contribution >= 4 is 11.6 Å². The summed E-state index contributed by atoms with van der Waals surface area (Å²) in [5, 5.41) is 2.64. The van der Waals surface area contributed by atoms with Crippen molar-refractivity contribution in [3.05, 3.63) is 24.3 Å². The first kappa shape index (κ1) is 15.4. The average molecular weight is 272 g/mol. The van der Waals surface area contributed by atoms with E-state index < -0.39 is 6.61 Å². The Morgan fingerprint density at radius 1 is 1.47 bits per heavy atom. The molecule has 0 fully saturated rings. The minimum Gasteiger partial charge on any atom is -0.435 e. The van der Waals surface area contributed by atoms with Gasteiger partial charge in [0.1, 0.15) is 5.75 Å². The number of anilines is 1. The predicted molar refractivity (Wildman–Crippen MR) is 69.2 cm³/mol. The van der Waals surface area contributed by atoms with E-state index in [-0.39, 0.29) is 17.6 Å². The van der Waals surface area contributed by atoms with Crippen LogP contribution in [0.25, 0.3) is 0 Å². The average Bonchev–Trinajstić information content (AvgIpc) is 2.35. The van der Waals surface area contributed by atoms with Gasteiger partial charge >= 0.3 is 6.61 Å². The number of carbonyl (C=O) groups is 1. The summed E-state index contributed by atoms with van der Waals surface area (Å²) in [5.74, 6) is -0.0503. The number of nitrogens with one attached hydrogen (secondary N) is 1. The van der Waals surface area contributed by atoms with Gasteiger partial charge in [-0.25, -0.2) is 0 Å². The molecule has 1 amide bonds. The van der Waals surface area contributed by atoms with Crippen LogP contribution in [0.4, 0.5) is 14.5 Å². The molecule has 1 aromatic carbocycles. The van der Waals surface area contributed by atoms with E-state index in [1.165, 1.54) is 18.2 Å². The van der Waals surface area contributed by atoms with E-state index in [2.05, 4.69) is 10.1 Å². The molecule has 0 radical (unpaired) electrons.